The van der Waals surface area contributed by atoms with Gasteiger partial charge in [0.1, 0.15) is 0 Å². The predicted octanol–water partition coefficient (Wildman–Crippen LogP) is 3.46. The SMILES string of the molecule is N#CCCCCc1ccc(F)c(F)c1OF. The Labute approximate surface area is 91.2 Å². The van der Waals surface area contributed by atoms with Gasteiger partial charge in [-0.3, -0.25) is 4.94 Å². The Morgan fingerprint density at radius 2 is 2.00 bits per heavy atom. The summed E-state index contributed by atoms with van der Waals surface area (Å²) in [6, 6.07) is 4.17. The molecule has 0 aliphatic heterocycles. The Morgan fingerprint density at radius 1 is 1.25 bits per heavy atom. The van der Waals surface area contributed by atoms with E-state index in [2.05, 4.69) is 4.94 Å². The lowest BCUT2D eigenvalue weighted by Gasteiger charge is -2.06. The van der Waals surface area contributed by atoms with Crippen LogP contribution >= 0.6 is 0 Å². The lowest BCUT2D eigenvalue weighted by molar-refractivity contribution is -0.0126. The van der Waals surface area contributed by atoms with E-state index < -0.39 is 17.4 Å². The van der Waals surface area contributed by atoms with Gasteiger partial charge in [-0.25, -0.2) is 4.39 Å². The molecule has 0 saturated carbocycles. The smallest absolute Gasteiger partial charge is 0.213 e. The first-order valence-electron chi connectivity index (χ1n) is 4.83. The van der Waals surface area contributed by atoms with Crippen LogP contribution in [0.1, 0.15) is 24.8 Å². The van der Waals surface area contributed by atoms with Crippen LogP contribution in [0, 0.1) is 23.0 Å². The zero-order valence-corrected chi connectivity index (χ0v) is 8.47. The van der Waals surface area contributed by atoms with Gasteiger partial charge in [-0.1, -0.05) is 6.07 Å². The topological polar surface area (TPSA) is 33.0 Å². The van der Waals surface area contributed by atoms with Crippen LogP contribution in [0.2, 0.25) is 0 Å². The number of unbranched alkanes of at least 4 members (excludes halogenated alkanes) is 2. The van der Waals surface area contributed by atoms with Crippen LogP contribution in [0.5, 0.6) is 5.75 Å². The van der Waals surface area contributed by atoms with E-state index in [1.54, 1.807) is 0 Å². The van der Waals surface area contributed by atoms with Crippen LogP contribution in [-0.2, 0) is 6.42 Å². The molecule has 0 amide bonds. The third-order valence-electron chi connectivity index (χ3n) is 2.19. The van der Waals surface area contributed by atoms with Gasteiger partial charge in [0.2, 0.25) is 11.6 Å². The fourth-order valence-corrected chi connectivity index (χ4v) is 1.37. The summed E-state index contributed by atoms with van der Waals surface area (Å²) in [6.45, 7) is 0. The molecule has 0 fully saturated rings. The minimum absolute atomic E-state index is 0.263. The number of halogens is 3. The molecular formula is C11H10F3NO. The van der Waals surface area contributed by atoms with Crippen molar-refractivity contribution in [2.24, 2.45) is 0 Å². The van der Waals surface area contributed by atoms with Gasteiger partial charge in [0.25, 0.3) is 0 Å². The number of rotatable bonds is 5. The Hall–Kier alpha value is -1.70. The van der Waals surface area contributed by atoms with Crippen molar-refractivity contribution in [1.82, 2.24) is 0 Å². The zero-order valence-electron chi connectivity index (χ0n) is 8.47. The summed E-state index contributed by atoms with van der Waals surface area (Å²) in [5.74, 6) is -3.16. The number of nitriles is 1. The number of benzene rings is 1. The Kier molecular flexibility index (Phi) is 4.65. The highest BCUT2D eigenvalue weighted by Gasteiger charge is 2.15. The van der Waals surface area contributed by atoms with Gasteiger partial charge in [-0.15, -0.1) is 0 Å². The second-order valence-corrected chi connectivity index (χ2v) is 3.29. The average Bonchev–Trinajstić information content (AvgIpc) is 2.29. The Morgan fingerprint density at radius 3 is 2.62 bits per heavy atom. The van der Waals surface area contributed by atoms with E-state index in [0.29, 0.717) is 25.7 Å². The monoisotopic (exact) mass is 229 g/mol. The molecule has 0 unspecified atom stereocenters. The highest BCUT2D eigenvalue weighted by molar-refractivity contribution is 5.35. The van der Waals surface area contributed by atoms with Crippen LogP contribution in [0.4, 0.5) is 13.3 Å². The standard InChI is InChI=1S/C11H10F3NO/c12-9-6-5-8(4-2-1-3-7-15)11(16-14)10(9)13/h5-6H,1-4H2. The molecule has 0 heterocycles. The minimum Gasteiger partial charge on any atom is -0.291 e. The van der Waals surface area contributed by atoms with Gasteiger partial charge in [0.15, 0.2) is 5.82 Å². The highest BCUT2D eigenvalue weighted by atomic mass is 19.3. The third-order valence-corrected chi connectivity index (χ3v) is 2.19. The quantitative estimate of drug-likeness (QED) is 0.724. The maximum absolute atomic E-state index is 13.0. The number of nitrogens with zero attached hydrogens (tertiary/aromatic N) is 1. The van der Waals surface area contributed by atoms with Crippen molar-refractivity contribution in [3.8, 4) is 11.8 Å². The van der Waals surface area contributed by atoms with Crippen molar-refractivity contribution in [1.29, 1.82) is 5.26 Å². The number of hydrogen-bond donors (Lipinski definition) is 0. The summed E-state index contributed by atoms with van der Waals surface area (Å²) in [4.78, 5) is 3.33. The van der Waals surface area contributed by atoms with E-state index in [-0.39, 0.29) is 5.56 Å². The first kappa shape index (κ1) is 12.4. The van der Waals surface area contributed by atoms with Crippen LogP contribution in [0.3, 0.4) is 0 Å². The molecule has 1 aromatic carbocycles. The van der Waals surface area contributed by atoms with E-state index in [1.807, 2.05) is 6.07 Å². The molecule has 0 N–H and O–H groups in total. The molecule has 16 heavy (non-hydrogen) atoms. The Balaban J connectivity index is 2.73. The molecule has 86 valence electrons. The van der Waals surface area contributed by atoms with Gasteiger partial charge in [0.05, 0.1) is 6.07 Å². The second kappa shape index (κ2) is 6.01. The zero-order chi connectivity index (χ0) is 12.0. The summed E-state index contributed by atoms with van der Waals surface area (Å²) >= 11 is 0. The largest absolute Gasteiger partial charge is 0.291 e. The lowest BCUT2D eigenvalue weighted by Crippen LogP contribution is -1.96. The van der Waals surface area contributed by atoms with Crippen molar-refractivity contribution >= 4 is 0 Å². The van der Waals surface area contributed by atoms with Gasteiger partial charge < -0.3 is 0 Å². The fourth-order valence-electron chi connectivity index (χ4n) is 1.37. The first-order chi connectivity index (χ1) is 7.70. The molecule has 1 rings (SSSR count). The molecule has 0 spiro atoms. The molecule has 2 nitrogen and oxygen atoms in total. The molecular weight excluding hydrogens is 219 g/mol. The number of hydrogen-bond acceptors (Lipinski definition) is 2. The van der Waals surface area contributed by atoms with Crippen LogP contribution in [0.15, 0.2) is 12.1 Å². The van der Waals surface area contributed by atoms with Gasteiger partial charge in [-0.2, -0.15) is 9.65 Å². The normalized spacial score (nSPS) is 9.88. The van der Waals surface area contributed by atoms with Crippen molar-refractivity contribution in [3.05, 3.63) is 29.3 Å². The van der Waals surface area contributed by atoms with E-state index in [9.17, 15) is 13.3 Å². The van der Waals surface area contributed by atoms with Crippen LogP contribution in [-0.4, -0.2) is 0 Å². The van der Waals surface area contributed by atoms with Gasteiger partial charge >= 0.3 is 0 Å². The molecule has 5 heteroatoms. The predicted molar refractivity (Wildman–Crippen MR) is 51.3 cm³/mol. The first-order valence-corrected chi connectivity index (χ1v) is 4.83. The highest BCUT2D eigenvalue weighted by Crippen LogP contribution is 2.26. The molecule has 0 radical (unpaired) electrons. The molecule has 0 aliphatic carbocycles. The molecule has 0 saturated heterocycles. The van der Waals surface area contributed by atoms with Crippen molar-refractivity contribution in [2.75, 3.05) is 0 Å². The Bertz CT molecular complexity index is 401. The van der Waals surface area contributed by atoms with Gasteiger partial charge in [0, 0.05) is 16.5 Å². The summed E-state index contributed by atoms with van der Waals surface area (Å²) in [7, 11) is 0. The summed E-state index contributed by atoms with van der Waals surface area (Å²) in [5, 5.41) is 8.30. The minimum atomic E-state index is -1.32. The maximum atomic E-state index is 13.0. The lowest BCUT2D eigenvalue weighted by atomic mass is 10.1. The molecule has 0 aromatic heterocycles. The van der Waals surface area contributed by atoms with E-state index in [4.69, 9.17) is 5.26 Å². The van der Waals surface area contributed by atoms with Gasteiger partial charge in [-0.05, 0) is 25.3 Å². The van der Waals surface area contributed by atoms with E-state index >= 15 is 0 Å². The average molecular weight is 229 g/mol. The summed E-state index contributed by atoms with van der Waals surface area (Å²) in [5.41, 5.74) is 0.263. The molecule has 0 bridgehead atoms. The van der Waals surface area contributed by atoms with Crippen molar-refractivity contribution in [3.63, 3.8) is 0 Å². The van der Waals surface area contributed by atoms with Crippen LogP contribution in [0.25, 0.3) is 0 Å². The molecule has 0 aliphatic rings. The van der Waals surface area contributed by atoms with Crippen molar-refractivity contribution in [2.45, 2.75) is 25.7 Å². The molecule has 1 aromatic rings. The van der Waals surface area contributed by atoms with E-state index in [0.717, 1.165) is 6.07 Å². The summed E-state index contributed by atoms with van der Waals surface area (Å²) < 4.78 is 37.8. The third kappa shape index (κ3) is 2.89. The van der Waals surface area contributed by atoms with E-state index in [1.165, 1.54) is 6.07 Å². The van der Waals surface area contributed by atoms with Crippen LogP contribution < -0.4 is 4.94 Å². The maximum Gasteiger partial charge on any atom is 0.213 e. The van der Waals surface area contributed by atoms with Crippen molar-refractivity contribution < 1.29 is 18.2 Å². The number of aryl methyl sites for hydroxylation is 1. The molecule has 0 atom stereocenters. The summed E-state index contributed by atoms with van der Waals surface area (Å²) in [6.07, 6.45) is 1.95. The second-order valence-electron chi connectivity index (χ2n) is 3.29. The fraction of sp³-hybridized carbons (Fsp3) is 0.364.